The molecular formula is C16H29N3O. The maximum atomic E-state index is 12.0. The molecule has 3 rings (SSSR count). The number of rotatable bonds is 3. The Hall–Kier alpha value is -0.610. The van der Waals surface area contributed by atoms with Gasteiger partial charge in [0, 0.05) is 37.1 Å². The summed E-state index contributed by atoms with van der Waals surface area (Å²) in [5.41, 5.74) is 0. The van der Waals surface area contributed by atoms with Crippen molar-refractivity contribution in [2.75, 3.05) is 26.7 Å². The first-order valence-corrected chi connectivity index (χ1v) is 8.38. The van der Waals surface area contributed by atoms with Crippen LogP contribution in [-0.4, -0.2) is 60.5 Å². The van der Waals surface area contributed by atoms with E-state index in [-0.39, 0.29) is 0 Å². The summed E-state index contributed by atoms with van der Waals surface area (Å²) in [6.45, 7) is 5.47. The summed E-state index contributed by atoms with van der Waals surface area (Å²) in [6.07, 6.45) is 7.06. The minimum absolute atomic E-state index is 0.384. The molecule has 2 aliphatic heterocycles. The van der Waals surface area contributed by atoms with Crippen LogP contribution >= 0.6 is 0 Å². The lowest BCUT2D eigenvalue weighted by molar-refractivity contribution is -0.133. The van der Waals surface area contributed by atoms with Crippen LogP contribution < -0.4 is 5.32 Å². The molecule has 4 nitrogen and oxygen atoms in total. The second-order valence-corrected chi connectivity index (χ2v) is 7.09. The summed E-state index contributed by atoms with van der Waals surface area (Å²) in [5, 5.41) is 3.85. The molecule has 0 aromatic carbocycles. The molecule has 2 heterocycles. The number of nitrogens with zero attached hydrogens (tertiary/aromatic N) is 2. The largest absolute Gasteiger partial charge is 0.342 e. The van der Waals surface area contributed by atoms with Gasteiger partial charge in [-0.15, -0.1) is 0 Å². The van der Waals surface area contributed by atoms with E-state index in [9.17, 15) is 4.79 Å². The average Bonchev–Trinajstić information content (AvgIpc) is 3.28. The number of piperidine rings is 2. The maximum Gasteiger partial charge on any atom is 0.225 e. The Balaban J connectivity index is 1.41. The lowest BCUT2D eigenvalue weighted by Crippen LogP contribution is -2.52. The van der Waals surface area contributed by atoms with Crippen molar-refractivity contribution in [1.29, 1.82) is 0 Å². The molecule has 2 unspecified atom stereocenters. The van der Waals surface area contributed by atoms with E-state index in [2.05, 4.69) is 29.1 Å². The number of hydrogen-bond acceptors (Lipinski definition) is 3. The molecule has 1 N–H and O–H groups in total. The van der Waals surface area contributed by atoms with E-state index >= 15 is 0 Å². The fourth-order valence-electron chi connectivity index (χ4n) is 3.63. The SMILES string of the molecule is CC1CC(NC2CCN(C(=O)C3CC3)CC2)CCN1C. The summed E-state index contributed by atoms with van der Waals surface area (Å²) < 4.78 is 0. The van der Waals surface area contributed by atoms with Crippen molar-refractivity contribution < 1.29 is 4.79 Å². The van der Waals surface area contributed by atoms with Gasteiger partial charge in [0.15, 0.2) is 0 Å². The quantitative estimate of drug-likeness (QED) is 0.849. The maximum absolute atomic E-state index is 12.0. The molecule has 2 saturated heterocycles. The van der Waals surface area contributed by atoms with Gasteiger partial charge in [0.2, 0.25) is 5.91 Å². The lowest BCUT2D eigenvalue weighted by atomic mass is 9.96. The number of nitrogens with one attached hydrogen (secondary N) is 1. The third kappa shape index (κ3) is 3.34. The zero-order valence-corrected chi connectivity index (χ0v) is 13.0. The summed E-state index contributed by atoms with van der Waals surface area (Å²) in [6, 6.07) is 1.99. The Labute approximate surface area is 122 Å². The zero-order valence-electron chi connectivity index (χ0n) is 13.0. The van der Waals surface area contributed by atoms with Crippen molar-refractivity contribution in [2.45, 2.75) is 63.6 Å². The van der Waals surface area contributed by atoms with E-state index in [1.54, 1.807) is 0 Å². The number of likely N-dealkylation sites (tertiary alicyclic amines) is 2. The highest BCUT2D eigenvalue weighted by Crippen LogP contribution is 2.32. The Kier molecular flexibility index (Phi) is 4.32. The van der Waals surface area contributed by atoms with E-state index in [1.807, 2.05) is 0 Å². The fourth-order valence-corrected chi connectivity index (χ4v) is 3.63. The topological polar surface area (TPSA) is 35.6 Å². The fraction of sp³-hybridized carbons (Fsp3) is 0.938. The van der Waals surface area contributed by atoms with Gasteiger partial charge in [-0.3, -0.25) is 4.79 Å². The predicted octanol–water partition coefficient (Wildman–Crippen LogP) is 1.46. The number of carbonyl (C=O) groups excluding carboxylic acids is 1. The van der Waals surface area contributed by atoms with Gasteiger partial charge in [-0.2, -0.15) is 0 Å². The van der Waals surface area contributed by atoms with Crippen molar-refractivity contribution in [3.05, 3.63) is 0 Å². The minimum Gasteiger partial charge on any atom is -0.342 e. The van der Waals surface area contributed by atoms with Crippen LogP contribution in [0.2, 0.25) is 0 Å². The molecule has 4 heteroatoms. The average molecular weight is 279 g/mol. The summed E-state index contributed by atoms with van der Waals surface area (Å²) >= 11 is 0. The van der Waals surface area contributed by atoms with Crippen LogP contribution in [0.4, 0.5) is 0 Å². The first kappa shape index (κ1) is 14.3. The van der Waals surface area contributed by atoms with Crippen LogP contribution in [0, 0.1) is 5.92 Å². The van der Waals surface area contributed by atoms with Crippen LogP contribution in [0.15, 0.2) is 0 Å². The molecule has 114 valence electrons. The van der Waals surface area contributed by atoms with Crippen molar-refractivity contribution in [1.82, 2.24) is 15.1 Å². The molecule has 2 atom stereocenters. The van der Waals surface area contributed by atoms with Crippen molar-refractivity contribution >= 4 is 5.91 Å². The first-order chi connectivity index (χ1) is 9.63. The number of amides is 1. The summed E-state index contributed by atoms with van der Waals surface area (Å²) in [5.74, 6) is 0.811. The second kappa shape index (κ2) is 6.02. The minimum atomic E-state index is 0.384. The monoisotopic (exact) mass is 279 g/mol. The van der Waals surface area contributed by atoms with Gasteiger partial charge in [-0.1, -0.05) is 0 Å². The van der Waals surface area contributed by atoms with E-state index in [4.69, 9.17) is 0 Å². The van der Waals surface area contributed by atoms with Gasteiger partial charge in [0.05, 0.1) is 0 Å². The molecule has 1 aliphatic carbocycles. The van der Waals surface area contributed by atoms with E-state index in [0.717, 1.165) is 38.8 Å². The highest BCUT2D eigenvalue weighted by molar-refractivity contribution is 5.81. The van der Waals surface area contributed by atoms with Crippen molar-refractivity contribution in [3.63, 3.8) is 0 Å². The summed E-state index contributed by atoms with van der Waals surface area (Å²) in [4.78, 5) is 16.6. The third-order valence-electron chi connectivity index (χ3n) is 5.41. The first-order valence-electron chi connectivity index (χ1n) is 8.38. The van der Waals surface area contributed by atoms with Crippen LogP contribution in [0.3, 0.4) is 0 Å². The molecule has 0 radical (unpaired) electrons. The molecule has 0 spiro atoms. The van der Waals surface area contributed by atoms with Gasteiger partial charge >= 0.3 is 0 Å². The molecule has 0 bridgehead atoms. The molecule has 1 amide bonds. The standard InChI is InChI=1S/C16H29N3O/c1-12-11-15(5-8-18(12)2)17-14-6-9-19(10-7-14)16(20)13-3-4-13/h12-15,17H,3-11H2,1-2H3. The molecule has 0 aromatic rings. The smallest absolute Gasteiger partial charge is 0.225 e. The van der Waals surface area contributed by atoms with Crippen LogP contribution in [0.5, 0.6) is 0 Å². The van der Waals surface area contributed by atoms with E-state index in [1.165, 1.54) is 19.4 Å². The molecular weight excluding hydrogens is 250 g/mol. The Morgan fingerprint density at radius 2 is 1.65 bits per heavy atom. The van der Waals surface area contributed by atoms with Crippen LogP contribution in [0.25, 0.3) is 0 Å². The number of carbonyl (C=O) groups is 1. The van der Waals surface area contributed by atoms with Gasteiger partial charge in [0.1, 0.15) is 0 Å². The Morgan fingerprint density at radius 1 is 1.00 bits per heavy atom. The Morgan fingerprint density at radius 3 is 2.25 bits per heavy atom. The van der Waals surface area contributed by atoms with E-state index in [0.29, 0.717) is 30.0 Å². The highest BCUT2D eigenvalue weighted by Gasteiger charge is 2.35. The van der Waals surface area contributed by atoms with Gasteiger partial charge in [0.25, 0.3) is 0 Å². The van der Waals surface area contributed by atoms with Gasteiger partial charge in [-0.25, -0.2) is 0 Å². The molecule has 20 heavy (non-hydrogen) atoms. The number of hydrogen-bond donors (Lipinski definition) is 1. The molecule has 3 fully saturated rings. The highest BCUT2D eigenvalue weighted by atomic mass is 16.2. The predicted molar refractivity (Wildman–Crippen MR) is 80.6 cm³/mol. The molecule has 0 aromatic heterocycles. The lowest BCUT2D eigenvalue weighted by Gasteiger charge is -2.39. The van der Waals surface area contributed by atoms with Crippen LogP contribution in [-0.2, 0) is 4.79 Å². The normalized spacial score (nSPS) is 33.4. The van der Waals surface area contributed by atoms with Crippen molar-refractivity contribution in [3.8, 4) is 0 Å². The van der Waals surface area contributed by atoms with E-state index < -0.39 is 0 Å². The van der Waals surface area contributed by atoms with Crippen LogP contribution in [0.1, 0.15) is 45.4 Å². The third-order valence-corrected chi connectivity index (χ3v) is 5.41. The molecule has 1 saturated carbocycles. The summed E-state index contributed by atoms with van der Waals surface area (Å²) in [7, 11) is 2.23. The van der Waals surface area contributed by atoms with Gasteiger partial charge in [-0.05, 0) is 59.0 Å². The zero-order chi connectivity index (χ0) is 14.1. The second-order valence-electron chi connectivity index (χ2n) is 7.09. The Bertz CT molecular complexity index is 348. The van der Waals surface area contributed by atoms with Crippen molar-refractivity contribution in [2.24, 2.45) is 5.92 Å². The molecule has 3 aliphatic rings. The van der Waals surface area contributed by atoms with Gasteiger partial charge < -0.3 is 15.1 Å².